The number of anilines is 1. The van der Waals surface area contributed by atoms with Gasteiger partial charge >= 0.3 is 19.9 Å². The molecule has 0 saturated carbocycles. The maximum Gasteiger partial charge on any atom is 0.509 e. The number of nitrogens with one attached hydrogen (secondary N) is 1. The van der Waals surface area contributed by atoms with Crippen molar-refractivity contribution in [1.82, 2.24) is 24.6 Å². The second-order valence-corrected chi connectivity index (χ2v) is 12.9. The van der Waals surface area contributed by atoms with Crippen LogP contribution in [0.2, 0.25) is 0 Å². The van der Waals surface area contributed by atoms with Crippen molar-refractivity contribution < 1.29 is 42.1 Å². The summed E-state index contributed by atoms with van der Waals surface area (Å²) in [7, 11) is -4.27. The first kappa shape index (κ1) is 29.7. The molecule has 5 rings (SSSR count). The van der Waals surface area contributed by atoms with Crippen molar-refractivity contribution in [2.45, 2.75) is 71.3 Å². The molecule has 3 aromatic rings. The van der Waals surface area contributed by atoms with E-state index in [1.807, 2.05) is 20.8 Å². The lowest BCUT2D eigenvalue weighted by molar-refractivity contribution is -0.148. The highest BCUT2D eigenvalue weighted by Gasteiger charge is 2.58. The number of para-hydroxylation sites is 1. The summed E-state index contributed by atoms with van der Waals surface area (Å²) in [6.07, 6.45) is -2.93. The first-order valence-electron chi connectivity index (χ1n) is 13.3. The first-order chi connectivity index (χ1) is 19.8. The number of ether oxygens (including phenoxy) is 4. The molecule has 0 bridgehead atoms. The number of carbonyl (C=O) groups excluding carboxylic acids is 2. The molecule has 0 spiro atoms. The minimum atomic E-state index is -4.27. The molecule has 3 N–H and O–H groups in total. The molecule has 2 aliphatic heterocycles. The van der Waals surface area contributed by atoms with Crippen LogP contribution in [0.15, 0.2) is 43.0 Å². The predicted octanol–water partition coefficient (Wildman–Crippen LogP) is 3.37. The summed E-state index contributed by atoms with van der Waals surface area (Å²) < 4.78 is 49.9. The molecular weight excluding hydrogens is 571 g/mol. The van der Waals surface area contributed by atoms with Crippen LogP contribution >= 0.6 is 7.75 Å². The highest BCUT2D eigenvalue weighted by Crippen LogP contribution is 2.49. The van der Waals surface area contributed by atoms with Crippen molar-refractivity contribution in [3.8, 4) is 5.75 Å². The van der Waals surface area contributed by atoms with E-state index < -0.39 is 56.6 Å². The number of nitrogen functional groups attached to an aromatic ring is 1. The number of hydrogen-bond acceptors (Lipinski definition) is 13. The summed E-state index contributed by atoms with van der Waals surface area (Å²) >= 11 is 0. The third-order valence-corrected chi connectivity index (χ3v) is 8.21. The number of imidazole rings is 1. The first-order valence-corrected chi connectivity index (χ1v) is 14.8. The van der Waals surface area contributed by atoms with Crippen LogP contribution in [0, 0.1) is 5.41 Å². The van der Waals surface area contributed by atoms with Crippen LogP contribution in [0.1, 0.15) is 40.8 Å². The Morgan fingerprint density at radius 2 is 1.86 bits per heavy atom. The fourth-order valence-electron chi connectivity index (χ4n) is 4.51. The molecule has 0 amide bonds. The lowest BCUT2D eigenvalue weighted by Gasteiger charge is -2.29. The number of benzene rings is 1. The number of nitrogens with two attached hydrogens (primary N) is 1. The van der Waals surface area contributed by atoms with E-state index in [2.05, 4.69) is 20.0 Å². The Hall–Kier alpha value is -3.78. The van der Waals surface area contributed by atoms with E-state index in [1.54, 1.807) is 41.8 Å². The average Bonchev–Trinajstić information content (AvgIpc) is 3.60. The summed E-state index contributed by atoms with van der Waals surface area (Å²) in [5, 5.41) is 2.67. The van der Waals surface area contributed by atoms with Gasteiger partial charge in [0.2, 0.25) is 0 Å². The van der Waals surface area contributed by atoms with Crippen molar-refractivity contribution in [2.24, 2.45) is 5.41 Å². The molecular formula is C26H33N6O9P. The van der Waals surface area contributed by atoms with Crippen LogP contribution in [0.25, 0.3) is 11.2 Å². The number of fused-ring (bicyclic) bond motifs is 2. The second kappa shape index (κ2) is 11.5. The van der Waals surface area contributed by atoms with Gasteiger partial charge in [0.05, 0.1) is 19.0 Å². The SMILES string of the molecule is C[C@H](NP(=O)(Oc1ccccc1)O[C@@H](C)[C@H]1O[C@@H](n2cnc3c(N)ncnc32)[C@@H]2OC(=O)O[C@@H]21)C(=O)OCC(C)(C)C. The normalized spacial score (nSPS) is 24.7. The smallest absolute Gasteiger partial charge is 0.464 e. The molecule has 2 aliphatic rings. The lowest BCUT2D eigenvalue weighted by atomic mass is 9.99. The Kier molecular flexibility index (Phi) is 8.12. The number of rotatable bonds is 10. The van der Waals surface area contributed by atoms with E-state index in [0.29, 0.717) is 11.2 Å². The average molecular weight is 605 g/mol. The van der Waals surface area contributed by atoms with Gasteiger partial charge in [-0.3, -0.25) is 13.9 Å². The van der Waals surface area contributed by atoms with Crippen LogP contribution < -0.4 is 15.3 Å². The molecule has 2 saturated heterocycles. The van der Waals surface area contributed by atoms with E-state index in [0.717, 1.165) is 0 Å². The van der Waals surface area contributed by atoms with Crippen molar-refractivity contribution in [1.29, 1.82) is 0 Å². The largest absolute Gasteiger partial charge is 0.509 e. The van der Waals surface area contributed by atoms with Crippen molar-refractivity contribution in [2.75, 3.05) is 12.3 Å². The second-order valence-electron chi connectivity index (χ2n) is 11.2. The van der Waals surface area contributed by atoms with Gasteiger partial charge in [-0.1, -0.05) is 39.0 Å². The summed E-state index contributed by atoms with van der Waals surface area (Å²) in [6, 6.07) is 7.27. The molecule has 4 heterocycles. The van der Waals surface area contributed by atoms with Crippen LogP contribution in [0.4, 0.5) is 10.6 Å². The molecule has 1 unspecified atom stereocenters. The van der Waals surface area contributed by atoms with Gasteiger partial charge < -0.3 is 29.2 Å². The van der Waals surface area contributed by atoms with E-state index in [4.69, 9.17) is 33.7 Å². The molecule has 2 aromatic heterocycles. The van der Waals surface area contributed by atoms with E-state index in [-0.39, 0.29) is 23.6 Å². The standard InChI is InChI=1S/C26H33N6O9P/c1-14(24(33)36-11-26(3,4)5)31-42(35,41-16-9-7-6-8-10-16)40-15(2)18-19-20(39-25(34)38-19)23(37-18)32-13-30-17-21(27)28-12-29-22(17)32/h6-10,12-15,18-20,23H,11H2,1-5H3,(H,31,35)(H2,27,28,29)/t14-,15-,18+,19+,20+,23+,42?/m0/s1. The van der Waals surface area contributed by atoms with Crippen molar-refractivity contribution in [3.63, 3.8) is 0 Å². The van der Waals surface area contributed by atoms with Gasteiger partial charge in [-0.05, 0) is 31.4 Å². The Balaban J connectivity index is 1.38. The Bertz CT molecular complexity index is 1500. The van der Waals surface area contributed by atoms with Gasteiger partial charge in [-0.15, -0.1) is 0 Å². The van der Waals surface area contributed by atoms with Crippen LogP contribution in [0.3, 0.4) is 0 Å². The van der Waals surface area contributed by atoms with Crippen LogP contribution in [-0.2, 0) is 32.8 Å². The van der Waals surface area contributed by atoms with Gasteiger partial charge in [0.25, 0.3) is 0 Å². The Morgan fingerprint density at radius 1 is 1.14 bits per heavy atom. The zero-order valence-corrected chi connectivity index (χ0v) is 24.6. The number of hydrogen-bond donors (Lipinski definition) is 2. The van der Waals surface area contributed by atoms with Gasteiger partial charge in [0.1, 0.15) is 29.7 Å². The van der Waals surface area contributed by atoms with Crippen molar-refractivity contribution >= 4 is 36.9 Å². The van der Waals surface area contributed by atoms with Crippen LogP contribution in [-0.4, -0.2) is 68.7 Å². The van der Waals surface area contributed by atoms with Gasteiger partial charge in [0, 0.05) is 0 Å². The van der Waals surface area contributed by atoms with Gasteiger partial charge in [0.15, 0.2) is 29.9 Å². The maximum absolute atomic E-state index is 14.1. The van der Waals surface area contributed by atoms with Crippen LogP contribution in [0.5, 0.6) is 5.75 Å². The molecule has 2 fully saturated rings. The molecule has 7 atom stereocenters. The minimum absolute atomic E-state index is 0.157. The molecule has 15 nitrogen and oxygen atoms in total. The molecule has 16 heteroatoms. The third kappa shape index (κ3) is 6.33. The number of aromatic nitrogens is 4. The lowest BCUT2D eigenvalue weighted by Crippen LogP contribution is -2.41. The third-order valence-electron chi connectivity index (χ3n) is 6.44. The maximum atomic E-state index is 14.1. The highest BCUT2D eigenvalue weighted by molar-refractivity contribution is 7.52. The highest BCUT2D eigenvalue weighted by atomic mass is 31.2. The summed E-state index contributed by atoms with van der Waals surface area (Å²) in [6.45, 7) is 8.98. The molecule has 42 heavy (non-hydrogen) atoms. The zero-order chi connectivity index (χ0) is 30.2. The predicted molar refractivity (Wildman–Crippen MR) is 147 cm³/mol. The molecule has 1 aromatic carbocycles. The molecule has 226 valence electrons. The Labute approximate surface area is 241 Å². The summed E-state index contributed by atoms with van der Waals surface area (Å²) in [5.41, 5.74) is 6.35. The van der Waals surface area contributed by atoms with E-state index in [1.165, 1.54) is 19.6 Å². The van der Waals surface area contributed by atoms with Gasteiger partial charge in [-0.2, -0.15) is 5.09 Å². The summed E-state index contributed by atoms with van der Waals surface area (Å²) in [4.78, 5) is 37.3. The quantitative estimate of drug-likeness (QED) is 0.253. The fourth-order valence-corrected chi connectivity index (χ4v) is 6.21. The van der Waals surface area contributed by atoms with Gasteiger partial charge in [-0.25, -0.2) is 24.3 Å². The van der Waals surface area contributed by atoms with E-state index >= 15 is 0 Å². The number of esters is 1. The van der Waals surface area contributed by atoms with E-state index in [9.17, 15) is 14.2 Å². The van der Waals surface area contributed by atoms with Crippen molar-refractivity contribution in [3.05, 3.63) is 43.0 Å². The number of nitrogens with zero attached hydrogens (tertiary/aromatic N) is 4. The molecule has 0 radical (unpaired) electrons. The number of carbonyl (C=O) groups is 2. The Morgan fingerprint density at radius 3 is 2.57 bits per heavy atom. The zero-order valence-electron chi connectivity index (χ0n) is 23.7. The topological polar surface area (TPSA) is 188 Å². The molecule has 0 aliphatic carbocycles. The minimum Gasteiger partial charge on any atom is -0.464 e. The summed E-state index contributed by atoms with van der Waals surface area (Å²) in [5.74, 6) is -0.236. The fraction of sp³-hybridized carbons (Fsp3) is 0.500. The monoisotopic (exact) mass is 604 g/mol.